The van der Waals surface area contributed by atoms with Crippen molar-refractivity contribution in [3.05, 3.63) is 29.3 Å². The zero-order valence-electron chi connectivity index (χ0n) is 16.9. The first-order valence-electron chi connectivity index (χ1n) is 10.5. The Bertz CT molecular complexity index is 437. The molecule has 2 N–H and O–H groups in total. The van der Waals surface area contributed by atoms with Crippen molar-refractivity contribution in [1.82, 2.24) is 0 Å². The van der Waals surface area contributed by atoms with E-state index in [2.05, 4.69) is 33.8 Å². The molecule has 1 aromatic rings. The van der Waals surface area contributed by atoms with Gasteiger partial charge in [0.1, 0.15) is 0 Å². The lowest BCUT2D eigenvalue weighted by Gasteiger charge is -2.19. The van der Waals surface area contributed by atoms with E-state index in [1.54, 1.807) is 0 Å². The molecule has 2 unspecified atom stereocenters. The van der Waals surface area contributed by atoms with Crippen LogP contribution in [-0.4, -0.2) is 17.2 Å². The van der Waals surface area contributed by atoms with Crippen LogP contribution in [0.3, 0.4) is 0 Å². The SMILES string of the molecule is CCCCC(CC)Cc1cc(CC(CC)CCCC)cc(B(O)O)c1. The monoisotopic (exact) mass is 346 g/mol. The fourth-order valence-electron chi connectivity index (χ4n) is 3.73. The predicted octanol–water partition coefficient (Wildman–Crippen LogP) is 4.88. The number of rotatable bonds is 13. The van der Waals surface area contributed by atoms with E-state index in [9.17, 15) is 10.0 Å². The molecule has 0 saturated heterocycles. The molecule has 3 heteroatoms. The first-order chi connectivity index (χ1) is 12.0. The first kappa shape index (κ1) is 22.2. The van der Waals surface area contributed by atoms with Crippen molar-refractivity contribution < 1.29 is 10.0 Å². The van der Waals surface area contributed by atoms with Crippen LogP contribution in [0.1, 0.15) is 90.2 Å². The molecule has 142 valence electrons. The maximum atomic E-state index is 9.69. The molecule has 0 heterocycles. The standard InChI is InChI=1S/C22H39BO2/c1-5-9-11-18(7-3)13-20-15-21(17-22(16-20)23(24)25)14-19(8-4)12-10-6-2/h15-19,24-25H,5-14H2,1-4H3. The summed E-state index contributed by atoms with van der Waals surface area (Å²) < 4.78 is 0. The third-order valence-electron chi connectivity index (χ3n) is 5.51. The highest BCUT2D eigenvalue weighted by Crippen LogP contribution is 2.22. The Kier molecular flexibility index (Phi) is 11.2. The van der Waals surface area contributed by atoms with Gasteiger partial charge >= 0.3 is 7.12 Å². The summed E-state index contributed by atoms with van der Waals surface area (Å²) in [6.45, 7) is 9.02. The van der Waals surface area contributed by atoms with Crippen molar-refractivity contribution in [2.24, 2.45) is 11.8 Å². The van der Waals surface area contributed by atoms with Gasteiger partial charge in [-0.25, -0.2) is 0 Å². The lowest BCUT2D eigenvalue weighted by molar-refractivity contribution is 0.424. The first-order valence-corrected chi connectivity index (χ1v) is 10.5. The van der Waals surface area contributed by atoms with Gasteiger partial charge in [0.05, 0.1) is 0 Å². The number of benzene rings is 1. The summed E-state index contributed by atoms with van der Waals surface area (Å²) >= 11 is 0. The Hall–Kier alpha value is -0.795. The molecule has 0 bridgehead atoms. The smallest absolute Gasteiger partial charge is 0.423 e. The molecule has 2 nitrogen and oxygen atoms in total. The predicted molar refractivity (Wildman–Crippen MR) is 110 cm³/mol. The van der Waals surface area contributed by atoms with Crippen molar-refractivity contribution in [3.63, 3.8) is 0 Å². The van der Waals surface area contributed by atoms with Gasteiger partial charge in [0, 0.05) is 0 Å². The second-order valence-corrected chi connectivity index (χ2v) is 7.70. The lowest BCUT2D eigenvalue weighted by atomic mass is 9.76. The summed E-state index contributed by atoms with van der Waals surface area (Å²) in [5.41, 5.74) is 3.20. The molecular formula is C22H39BO2. The van der Waals surface area contributed by atoms with E-state index >= 15 is 0 Å². The molecule has 0 spiro atoms. The quantitative estimate of drug-likeness (QED) is 0.500. The molecule has 0 aliphatic carbocycles. The van der Waals surface area contributed by atoms with Gasteiger partial charge in [-0.2, -0.15) is 0 Å². The zero-order valence-corrected chi connectivity index (χ0v) is 16.9. The molecule has 0 aliphatic heterocycles. The normalized spacial score (nSPS) is 13.7. The van der Waals surface area contributed by atoms with Gasteiger partial charge in [0.15, 0.2) is 0 Å². The fraction of sp³-hybridized carbons (Fsp3) is 0.727. The van der Waals surface area contributed by atoms with E-state index in [-0.39, 0.29) is 0 Å². The van der Waals surface area contributed by atoms with E-state index in [0.717, 1.165) is 12.8 Å². The molecule has 0 aliphatic rings. The summed E-state index contributed by atoms with van der Waals surface area (Å²) in [5, 5.41) is 19.4. The Morgan fingerprint density at radius 1 is 0.760 bits per heavy atom. The third kappa shape index (κ3) is 8.42. The highest BCUT2D eigenvalue weighted by Gasteiger charge is 2.16. The van der Waals surface area contributed by atoms with Gasteiger partial charge in [-0.1, -0.05) is 97.3 Å². The van der Waals surface area contributed by atoms with Gasteiger partial charge in [0.2, 0.25) is 0 Å². The number of hydrogen-bond acceptors (Lipinski definition) is 2. The average molecular weight is 346 g/mol. The lowest BCUT2D eigenvalue weighted by Crippen LogP contribution is -2.31. The molecule has 0 aromatic heterocycles. The van der Waals surface area contributed by atoms with Crippen LogP contribution in [0, 0.1) is 11.8 Å². The molecule has 2 atom stereocenters. The van der Waals surface area contributed by atoms with E-state index in [4.69, 9.17) is 0 Å². The van der Waals surface area contributed by atoms with Gasteiger partial charge in [-0.15, -0.1) is 0 Å². The minimum atomic E-state index is -1.37. The molecule has 0 fully saturated rings. The van der Waals surface area contributed by atoms with E-state index < -0.39 is 7.12 Å². The maximum absolute atomic E-state index is 9.69. The topological polar surface area (TPSA) is 40.5 Å². The second-order valence-electron chi connectivity index (χ2n) is 7.70. The Balaban J connectivity index is 2.91. The molecule has 1 rings (SSSR count). The Labute approximate surface area is 156 Å². The minimum Gasteiger partial charge on any atom is -0.423 e. The van der Waals surface area contributed by atoms with Crippen LogP contribution >= 0.6 is 0 Å². The minimum absolute atomic E-state index is 0.656. The zero-order chi connectivity index (χ0) is 18.7. The Morgan fingerprint density at radius 2 is 1.20 bits per heavy atom. The number of unbranched alkanes of at least 4 members (excludes halogenated alkanes) is 2. The average Bonchev–Trinajstić information content (AvgIpc) is 2.61. The van der Waals surface area contributed by atoms with Gasteiger partial charge < -0.3 is 10.0 Å². The largest absolute Gasteiger partial charge is 0.488 e. The summed E-state index contributed by atoms with van der Waals surface area (Å²) in [5.74, 6) is 1.39. The summed E-state index contributed by atoms with van der Waals surface area (Å²) in [6.07, 6.45) is 12.1. The van der Waals surface area contributed by atoms with Crippen LogP contribution in [-0.2, 0) is 12.8 Å². The van der Waals surface area contributed by atoms with Crippen LogP contribution in [0.15, 0.2) is 18.2 Å². The number of hydrogen-bond donors (Lipinski definition) is 2. The Morgan fingerprint density at radius 3 is 1.52 bits per heavy atom. The molecule has 1 aromatic carbocycles. The van der Waals surface area contributed by atoms with Crippen molar-refractivity contribution in [2.75, 3.05) is 0 Å². The van der Waals surface area contributed by atoms with Crippen molar-refractivity contribution in [1.29, 1.82) is 0 Å². The second kappa shape index (κ2) is 12.5. The van der Waals surface area contributed by atoms with Crippen molar-refractivity contribution in [3.8, 4) is 0 Å². The van der Waals surface area contributed by atoms with Crippen molar-refractivity contribution in [2.45, 2.75) is 91.9 Å². The van der Waals surface area contributed by atoms with E-state index in [0.29, 0.717) is 17.3 Å². The van der Waals surface area contributed by atoms with E-state index in [1.807, 2.05) is 12.1 Å². The van der Waals surface area contributed by atoms with Crippen LogP contribution in [0.2, 0.25) is 0 Å². The van der Waals surface area contributed by atoms with Crippen LogP contribution in [0.5, 0.6) is 0 Å². The fourth-order valence-corrected chi connectivity index (χ4v) is 3.73. The van der Waals surface area contributed by atoms with Crippen LogP contribution < -0.4 is 5.46 Å². The highest BCUT2D eigenvalue weighted by atomic mass is 16.4. The van der Waals surface area contributed by atoms with Gasteiger partial charge in [0.25, 0.3) is 0 Å². The maximum Gasteiger partial charge on any atom is 0.488 e. The van der Waals surface area contributed by atoms with E-state index in [1.165, 1.54) is 62.5 Å². The molecule has 0 amide bonds. The highest BCUT2D eigenvalue weighted by molar-refractivity contribution is 6.58. The van der Waals surface area contributed by atoms with Crippen LogP contribution in [0.4, 0.5) is 0 Å². The van der Waals surface area contributed by atoms with Crippen molar-refractivity contribution >= 4 is 12.6 Å². The molecular weight excluding hydrogens is 307 g/mol. The molecule has 0 radical (unpaired) electrons. The summed E-state index contributed by atoms with van der Waals surface area (Å²) in [4.78, 5) is 0. The molecule has 25 heavy (non-hydrogen) atoms. The van der Waals surface area contributed by atoms with Gasteiger partial charge in [-0.05, 0) is 41.3 Å². The summed E-state index contributed by atoms with van der Waals surface area (Å²) in [6, 6.07) is 6.31. The third-order valence-corrected chi connectivity index (χ3v) is 5.51. The van der Waals surface area contributed by atoms with Gasteiger partial charge in [-0.3, -0.25) is 0 Å². The molecule has 0 saturated carbocycles. The van der Waals surface area contributed by atoms with Crippen LogP contribution in [0.25, 0.3) is 0 Å². The summed E-state index contributed by atoms with van der Waals surface area (Å²) in [7, 11) is -1.37.